The Labute approximate surface area is 98.3 Å². The Kier molecular flexibility index (Phi) is 5.22. The average Bonchev–Trinajstić information content (AvgIpc) is 2.27. The van der Waals surface area contributed by atoms with Gasteiger partial charge in [0.2, 0.25) is 5.91 Å². The highest BCUT2D eigenvalue weighted by molar-refractivity contribution is 5.81. The Morgan fingerprint density at radius 1 is 1.38 bits per heavy atom. The van der Waals surface area contributed by atoms with Crippen molar-refractivity contribution in [3.05, 3.63) is 0 Å². The second kappa shape index (κ2) is 6.21. The fraction of sp³-hybridized carbons (Fsp3) is 0.917. The molecule has 1 amide bonds. The summed E-state index contributed by atoms with van der Waals surface area (Å²) in [4.78, 5) is 13.9. The molecule has 1 atom stereocenters. The number of carbonyl (C=O) groups excluding carboxylic acids is 1. The first-order valence-electron chi connectivity index (χ1n) is 6.29. The van der Waals surface area contributed by atoms with Crippen LogP contribution in [0.15, 0.2) is 0 Å². The summed E-state index contributed by atoms with van der Waals surface area (Å²) < 4.78 is 0. The lowest BCUT2D eigenvalue weighted by Gasteiger charge is -2.33. The third-order valence-corrected chi connectivity index (χ3v) is 3.30. The van der Waals surface area contributed by atoms with Crippen LogP contribution >= 0.6 is 0 Å². The lowest BCUT2D eigenvalue weighted by Crippen LogP contribution is -2.48. The van der Waals surface area contributed by atoms with E-state index in [2.05, 4.69) is 13.8 Å². The van der Waals surface area contributed by atoms with Gasteiger partial charge in [-0.05, 0) is 37.6 Å². The van der Waals surface area contributed by atoms with Gasteiger partial charge < -0.3 is 16.4 Å². The van der Waals surface area contributed by atoms with Gasteiger partial charge in [-0.15, -0.1) is 0 Å². The van der Waals surface area contributed by atoms with Crippen molar-refractivity contribution < 1.29 is 4.79 Å². The van der Waals surface area contributed by atoms with Crippen LogP contribution in [-0.4, -0.2) is 36.5 Å². The van der Waals surface area contributed by atoms with Crippen molar-refractivity contribution in [1.29, 1.82) is 0 Å². The van der Waals surface area contributed by atoms with Crippen LogP contribution < -0.4 is 11.5 Å². The number of carbonyl (C=O) groups is 1. The molecule has 1 saturated heterocycles. The lowest BCUT2D eigenvalue weighted by molar-refractivity contribution is -0.134. The number of nitrogens with zero attached hydrogens (tertiary/aromatic N) is 1. The third-order valence-electron chi connectivity index (χ3n) is 3.30. The first-order valence-corrected chi connectivity index (χ1v) is 6.29. The number of piperidine rings is 1. The Bertz CT molecular complexity index is 222. The summed E-state index contributed by atoms with van der Waals surface area (Å²) in [5.41, 5.74) is 11.5. The molecule has 16 heavy (non-hydrogen) atoms. The molecule has 4 nitrogen and oxygen atoms in total. The van der Waals surface area contributed by atoms with Crippen LogP contribution in [0.1, 0.15) is 33.1 Å². The van der Waals surface area contributed by atoms with Crippen molar-refractivity contribution >= 4 is 5.91 Å². The van der Waals surface area contributed by atoms with Gasteiger partial charge in [-0.2, -0.15) is 0 Å². The van der Waals surface area contributed by atoms with Crippen molar-refractivity contribution in [1.82, 2.24) is 4.90 Å². The second-order valence-electron chi connectivity index (χ2n) is 5.24. The molecule has 0 radical (unpaired) electrons. The van der Waals surface area contributed by atoms with E-state index in [0.717, 1.165) is 38.9 Å². The van der Waals surface area contributed by atoms with E-state index in [9.17, 15) is 4.79 Å². The standard InChI is InChI=1S/C12H25N3O/c1-9(2)7-11(14)12(16)15-5-3-10(8-13)4-6-15/h9-11H,3-8,13-14H2,1-2H3/t11-/m1/s1. The van der Waals surface area contributed by atoms with E-state index >= 15 is 0 Å². The molecule has 0 aromatic rings. The quantitative estimate of drug-likeness (QED) is 0.737. The molecule has 0 spiro atoms. The molecule has 1 aliphatic rings. The molecule has 0 saturated carbocycles. The maximum Gasteiger partial charge on any atom is 0.239 e. The normalized spacial score (nSPS) is 20.2. The third kappa shape index (κ3) is 3.76. The second-order valence-corrected chi connectivity index (χ2v) is 5.24. The zero-order chi connectivity index (χ0) is 12.1. The summed E-state index contributed by atoms with van der Waals surface area (Å²) in [6, 6.07) is -0.325. The van der Waals surface area contributed by atoms with Crippen LogP contribution in [-0.2, 0) is 4.79 Å². The summed E-state index contributed by atoms with van der Waals surface area (Å²) in [7, 11) is 0. The van der Waals surface area contributed by atoms with Crippen molar-refractivity contribution in [2.45, 2.75) is 39.2 Å². The monoisotopic (exact) mass is 227 g/mol. The van der Waals surface area contributed by atoms with Crippen LogP contribution in [0.2, 0.25) is 0 Å². The first-order chi connectivity index (χ1) is 7.54. The number of rotatable bonds is 4. The van der Waals surface area contributed by atoms with Crippen molar-refractivity contribution in [2.75, 3.05) is 19.6 Å². The van der Waals surface area contributed by atoms with E-state index in [4.69, 9.17) is 11.5 Å². The SMILES string of the molecule is CC(C)C[C@@H](N)C(=O)N1CCC(CN)CC1. The van der Waals surface area contributed by atoms with E-state index in [1.807, 2.05) is 4.90 Å². The van der Waals surface area contributed by atoms with Crippen LogP contribution in [0.3, 0.4) is 0 Å². The predicted octanol–water partition coefficient (Wildman–Crippen LogP) is 0.557. The van der Waals surface area contributed by atoms with Crippen LogP contribution in [0.25, 0.3) is 0 Å². The molecule has 94 valence electrons. The predicted molar refractivity (Wildman–Crippen MR) is 65.8 cm³/mol. The van der Waals surface area contributed by atoms with Gasteiger partial charge >= 0.3 is 0 Å². The summed E-state index contributed by atoms with van der Waals surface area (Å²) in [5.74, 6) is 1.18. The summed E-state index contributed by atoms with van der Waals surface area (Å²) in [5, 5.41) is 0. The Hall–Kier alpha value is -0.610. The van der Waals surface area contributed by atoms with Crippen molar-refractivity contribution in [2.24, 2.45) is 23.3 Å². The molecule has 1 aliphatic heterocycles. The van der Waals surface area contributed by atoms with Crippen molar-refractivity contribution in [3.8, 4) is 0 Å². The molecule has 1 heterocycles. The van der Waals surface area contributed by atoms with E-state index in [1.165, 1.54) is 0 Å². The number of amides is 1. The molecule has 0 bridgehead atoms. The largest absolute Gasteiger partial charge is 0.341 e. The van der Waals surface area contributed by atoms with Gasteiger partial charge in [0.05, 0.1) is 6.04 Å². The molecular formula is C12H25N3O. The van der Waals surface area contributed by atoms with Gasteiger partial charge in [-0.1, -0.05) is 13.8 Å². The molecule has 0 aromatic heterocycles. The maximum absolute atomic E-state index is 12.0. The van der Waals surface area contributed by atoms with E-state index in [1.54, 1.807) is 0 Å². The minimum absolute atomic E-state index is 0.115. The fourth-order valence-corrected chi connectivity index (χ4v) is 2.23. The summed E-state index contributed by atoms with van der Waals surface area (Å²) in [6.07, 6.45) is 2.82. The molecular weight excluding hydrogens is 202 g/mol. The number of likely N-dealkylation sites (tertiary alicyclic amines) is 1. The topological polar surface area (TPSA) is 72.4 Å². The summed E-state index contributed by atoms with van der Waals surface area (Å²) >= 11 is 0. The molecule has 0 unspecified atom stereocenters. The lowest BCUT2D eigenvalue weighted by atomic mass is 9.96. The number of hydrogen-bond acceptors (Lipinski definition) is 3. The highest BCUT2D eigenvalue weighted by Crippen LogP contribution is 2.17. The molecule has 1 fully saturated rings. The molecule has 0 aromatic carbocycles. The van der Waals surface area contributed by atoms with E-state index in [-0.39, 0.29) is 11.9 Å². The first kappa shape index (κ1) is 13.5. The van der Waals surface area contributed by atoms with Gasteiger partial charge in [0.25, 0.3) is 0 Å². The zero-order valence-electron chi connectivity index (χ0n) is 10.5. The number of nitrogens with two attached hydrogens (primary N) is 2. The van der Waals surface area contributed by atoms with Gasteiger partial charge in [-0.25, -0.2) is 0 Å². The van der Waals surface area contributed by atoms with E-state index in [0.29, 0.717) is 11.8 Å². The fourth-order valence-electron chi connectivity index (χ4n) is 2.23. The number of hydrogen-bond donors (Lipinski definition) is 2. The maximum atomic E-state index is 12.0. The minimum Gasteiger partial charge on any atom is -0.341 e. The summed E-state index contributed by atoms with van der Waals surface area (Å²) in [6.45, 7) is 6.57. The van der Waals surface area contributed by atoms with Gasteiger partial charge in [-0.3, -0.25) is 4.79 Å². The smallest absolute Gasteiger partial charge is 0.239 e. The molecule has 4 N–H and O–H groups in total. The van der Waals surface area contributed by atoms with Gasteiger partial charge in [0.15, 0.2) is 0 Å². The zero-order valence-corrected chi connectivity index (χ0v) is 10.5. The highest BCUT2D eigenvalue weighted by Gasteiger charge is 2.25. The Morgan fingerprint density at radius 3 is 2.38 bits per heavy atom. The Morgan fingerprint density at radius 2 is 1.94 bits per heavy atom. The van der Waals surface area contributed by atoms with Gasteiger partial charge in [0.1, 0.15) is 0 Å². The Balaban J connectivity index is 2.38. The minimum atomic E-state index is -0.325. The highest BCUT2D eigenvalue weighted by atomic mass is 16.2. The van der Waals surface area contributed by atoms with Crippen LogP contribution in [0, 0.1) is 11.8 Å². The van der Waals surface area contributed by atoms with Crippen LogP contribution in [0.4, 0.5) is 0 Å². The molecule has 0 aliphatic carbocycles. The van der Waals surface area contributed by atoms with Gasteiger partial charge in [0, 0.05) is 13.1 Å². The van der Waals surface area contributed by atoms with Crippen molar-refractivity contribution in [3.63, 3.8) is 0 Å². The van der Waals surface area contributed by atoms with Crippen LogP contribution in [0.5, 0.6) is 0 Å². The molecule has 1 rings (SSSR count). The average molecular weight is 227 g/mol. The molecule has 4 heteroatoms. The van der Waals surface area contributed by atoms with E-state index < -0.39 is 0 Å².